The van der Waals surface area contributed by atoms with Crippen LogP contribution in [0.3, 0.4) is 0 Å². The second-order valence-electron chi connectivity index (χ2n) is 5.08. The maximum Gasteiger partial charge on any atom is 0.325 e. The number of aromatic nitrogens is 3. The van der Waals surface area contributed by atoms with Crippen LogP contribution in [0.1, 0.15) is 0 Å². The summed E-state index contributed by atoms with van der Waals surface area (Å²) in [4.78, 5) is 22.9. The Balaban J connectivity index is 2.09. The Morgan fingerprint density at radius 1 is 1.27 bits per heavy atom. The number of carbonyl (C=O) groups is 2. The monoisotopic (exact) mass is 376 g/mol. The smallest absolute Gasteiger partial charge is 0.325 e. The van der Waals surface area contributed by atoms with Crippen LogP contribution in [0.4, 0.5) is 0 Å². The van der Waals surface area contributed by atoms with Crippen LogP contribution in [0.2, 0.25) is 0 Å². The van der Waals surface area contributed by atoms with Gasteiger partial charge in [0.25, 0.3) is 0 Å². The summed E-state index contributed by atoms with van der Waals surface area (Å²) in [7, 11) is 2.87. The molecule has 138 valence electrons. The van der Waals surface area contributed by atoms with Crippen molar-refractivity contribution in [2.45, 2.75) is 11.7 Å². The molecule has 0 spiro atoms. The molecule has 1 N–H and O–H groups in total. The fourth-order valence-electron chi connectivity index (χ4n) is 2.07. The van der Waals surface area contributed by atoms with Crippen LogP contribution in [-0.2, 0) is 20.9 Å². The van der Waals surface area contributed by atoms with Gasteiger partial charge < -0.3 is 14.8 Å². The van der Waals surface area contributed by atoms with Gasteiger partial charge in [-0.3, -0.25) is 14.2 Å². The van der Waals surface area contributed by atoms with Crippen molar-refractivity contribution in [1.29, 1.82) is 0 Å². The molecule has 0 fully saturated rings. The van der Waals surface area contributed by atoms with Crippen LogP contribution in [-0.4, -0.2) is 53.2 Å². The zero-order chi connectivity index (χ0) is 18.9. The fourth-order valence-corrected chi connectivity index (χ4v) is 2.84. The summed E-state index contributed by atoms with van der Waals surface area (Å²) < 4.78 is 11.5. The number of amides is 1. The molecule has 1 amide bonds. The lowest BCUT2D eigenvalue weighted by atomic mass is 10.2. The van der Waals surface area contributed by atoms with Gasteiger partial charge in [-0.25, -0.2) is 0 Å². The summed E-state index contributed by atoms with van der Waals surface area (Å²) >= 11 is 1.23. The van der Waals surface area contributed by atoms with Crippen molar-refractivity contribution in [2.75, 3.05) is 26.5 Å². The highest BCUT2D eigenvalue weighted by Gasteiger charge is 2.15. The van der Waals surface area contributed by atoms with Crippen LogP contribution in [0, 0.1) is 0 Å². The third-order valence-electron chi connectivity index (χ3n) is 3.37. The number of hydrogen-bond donors (Lipinski definition) is 1. The number of methoxy groups -OCH3 is 2. The molecule has 0 saturated heterocycles. The molecule has 2 aromatic rings. The maximum absolute atomic E-state index is 11.8. The number of allylic oxidation sites excluding steroid dienone is 1. The van der Waals surface area contributed by atoms with Crippen molar-refractivity contribution in [3.8, 4) is 17.1 Å². The topological polar surface area (TPSA) is 95.3 Å². The van der Waals surface area contributed by atoms with E-state index in [4.69, 9.17) is 4.74 Å². The molecule has 1 heterocycles. The van der Waals surface area contributed by atoms with Gasteiger partial charge >= 0.3 is 5.97 Å². The lowest BCUT2D eigenvalue weighted by molar-refractivity contribution is -0.140. The predicted octanol–water partition coefficient (Wildman–Crippen LogP) is 1.52. The van der Waals surface area contributed by atoms with Gasteiger partial charge in [0, 0.05) is 12.1 Å². The molecule has 26 heavy (non-hydrogen) atoms. The Morgan fingerprint density at radius 2 is 2.00 bits per heavy atom. The third-order valence-corrected chi connectivity index (χ3v) is 4.33. The highest BCUT2D eigenvalue weighted by Crippen LogP contribution is 2.25. The van der Waals surface area contributed by atoms with Crippen molar-refractivity contribution in [2.24, 2.45) is 0 Å². The molecule has 0 radical (unpaired) electrons. The van der Waals surface area contributed by atoms with E-state index in [1.807, 2.05) is 28.8 Å². The maximum atomic E-state index is 11.8. The van der Waals surface area contributed by atoms with E-state index in [1.54, 1.807) is 13.2 Å². The zero-order valence-electron chi connectivity index (χ0n) is 14.6. The molecule has 0 aliphatic rings. The normalized spacial score (nSPS) is 10.2. The highest BCUT2D eigenvalue weighted by atomic mass is 32.2. The number of benzene rings is 1. The predicted molar refractivity (Wildman–Crippen MR) is 98.0 cm³/mol. The number of carbonyl (C=O) groups excluding carboxylic acids is 2. The molecule has 0 atom stereocenters. The van der Waals surface area contributed by atoms with Crippen molar-refractivity contribution in [1.82, 2.24) is 20.1 Å². The van der Waals surface area contributed by atoms with Gasteiger partial charge in [-0.1, -0.05) is 17.8 Å². The molecule has 1 aromatic heterocycles. The molecule has 0 saturated carbocycles. The number of nitrogens with zero attached hydrogens (tertiary/aromatic N) is 3. The van der Waals surface area contributed by atoms with Gasteiger partial charge in [0.1, 0.15) is 12.3 Å². The van der Waals surface area contributed by atoms with Gasteiger partial charge in [-0.2, -0.15) is 0 Å². The average molecular weight is 376 g/mol. The van der Waals surface area contributed by atoms with E-state index in [9.17, 15) is 9.59 Å². The van der Waals surface area contributed by atoms with E-state index in [-0.39, 0.29) is 18.2 Å². The van der Waals surface area contributed by atoms with Crippen molar-refractivity contribution in [3.05, 3.63) is 36.9 Å². The van der Waals surface area contributed by atoms with Gasteiger partial charge in [0.05, 0.1) is 20.0 Å². The summed E-state index contributed by atoms with van der Waals surface area (Å²) in [5.74, 6) is 0.736. The number of esters is 1. The molecule has 9 heteroatoms. The van der Waals surface area contributed by atoms with Crippen molar-refractivity contribution < 1.29 is 19.1 Å². The molecular weight excluding hydrogens is 356 g/mol. The van der Waals surface area contributed by atoms with E-state index >= 15 is 0 Å². The van der Waals surface area contributed by atoms with Gasteiger partial charge in [0.2, 0.25) is 5.91 Å². The minimum absolute atomic E-state index is 0.106. The van der Waals surface area contributed by atoms with E-state index in [1.165, 1.54) is 18.9 Å². The molecule has 2 rings (SSSR count). The fraction of sp³-hybridized carbons (Fsp3) is 0.294. The lowest BCUT2D eigenvalue weighted by Gasteiger charge is -2.08. The Kier molecular flexibility index (Phi) is 7.22. The summed E-state index contributed by atoms with van der Waals surface area (Å²) in [6.45, 7) is 4.10. The molecule has 0 unspecified atom stereocenters. The molecule has 1 aromatic carbocycles. The first kappa shape index (κ1) is 19.5. The Labute approximate surface area is 155 Å². The average Bonchev–Trinajstić information content (AvgIpc) is 3.07. The first-order valence-corrected chi connectivity index (χ1v) is 8.72. The number of hydrogen-bond acceptors (Lipinski definition) is 7. The summed E-state index contributed by atoms with van der Waals surface area (Å²) in [6, 6.07) is 7.46. The van der Waals surface area contributed by atoms with Crippen LogP contribution < -0.4 is 10.1 Å². The molecule has 0 aliphatic carbocycles. The first-order valence-electron chi connectivity index (χ1n) is 7.73. The van der Waals surface area contributed by atoms with E-state index in [2.05, 4.69) is 26.8 Å². The van der Waals surface area contributed by atoms with E-state index in [0.717, 1.165) is 11.3 Å². The number of thioether (sulfide) groups is 1. The Morgan fingerprint density at radius 3 is 2.62 bits per heavy atom. The SMILES string of the molecule is C=CCn1c(SCC(=O)NCC(=O)OC)nnc1-c1ccc(OC)cc1. The van der Waals surface area contributed by atoms with E-state index in [0.29, 0.717) is 17.5 Å². The highest BCUT2D eigenvalue weighted by molar-refractivity contribution is 7.99. The van der Waals surface area contributed by atoms with Gasteiger partial charge in [-0.15, -0.1) is 16.8 Å². The number of nitrogens with one attached hydrogen (secondary N) is 1. The minimum Gasteiger partial charge on any atom is -0.497 e. The van der Waals surface area contributed by atoms with Crippen LogP contribution in [0.15, 0.2) is 42.1 Å². The van der Waals surface area contributed by atoms with Crippen molar-refractivity contribution in [3.63, 3.8) is 0 Å². The summed E-state index contributed by atoms with van der Waals surface area (Å²) in [6.07, 6.45) is 1.73. The standard InChI is InChI=1S/C17H20N4O4S/c1-4-9-21-16(12-5-7-13(24-2)8-6-12)19-20-17(21)26-11-14(22)18-10-15(23)25-3/h4-8H,1,9-11H2,2-3H3,(H,18,22). The zero-order valence-corrected chi connectivity index (χ0v) is 15.4. The molecule has 0 aliphatic heterocycles. The molecule has 0 bridgehead atoms. The van der Waals surface area contributed by atoms with Gasteiger partial charge in [-0.05, 0) is 24.3 Å². The Bertz CT molecular complexity index is 774. The minimum atomic E-state index is -0.500. The third kappa shape index (κ3) is 5.09. The van der Waals surface area contributed by atoms with Crippen LogP contribution in [0.25, 0.3) is 11.4 Å². The lowest BCUT2D eigenvalue weighted by Crippen LogP contribution is -2.31. The van der Waals surface area contributed by atoms with Crippen LogP contribution in [0.5, 0.6) is 5.75 Å². The molecule has 8 nitrogen and oxygen atoms in total. The second kappa shape index (κ2) is 9.62. The van der Waals surface area contributed by atoms with E-state index < -0.39 is 5.97 Å². The quantitative estimate of drug-likeness (QED) is 0.403. The number of rotatable bonds is 9. The largest absolute Gasteiger partial charge is 0.497 e. The summed E-state index contributed by atoms with van der Waals surface area (Å²) in [5, 5.41) is 11.5. The first-order chi connectivity index (χ1) is 12.6. The number of ether oxygens (including phenoxy) is 2. The molecular formula is C17H20N4O4S. The van der Waals surface area contributed by atoms with Crippen LogP contribution >= 0.6 is 11.8 Å². The van der Waals surface area contributed by atoms with Crippen molar-refractivity contribution >= 4 is 23.6 Å². The second-order valence-corrected chi connectivity index (χ2v) is 6.02. The summed E-state index contributed by atoms with van der Waals surface area (Å²) in [5.41, 5.74) is 0.877. The Hall–Kier alpha value is -2.81. The van der Waals surface area contributed by atoms with Gasteiger partial charge in [0.15, 0.2) is 11.0 Å².